The highest BCUT2D eigenvalue weighted by Gasteiger charge is 2.17. The first-order valence-electron chi connectivity index (χ1n) is 5.79. The molecule has 1 heterocycles. The van der Waals surface area contributed by atoms with Crippen molar-refractivity contribution in [1.82, 2.24) is 9.55 Å². The highest BCUT2D eigenvalue weighted by Crippen LogP contribution is 2.27. The van der Waals surface area contributed by atoms with Gasteiger partial charge in [-0.2, -0.15) is 0 Å². The maximum atomic E-state index is 14.1. The first-order valence-corrected chi connectivity index (χ1v) is 6.70. The van der Waals surface area contributed by atoms with Crippen molar-refractivity contribution in [3.63, 3.8) is 0 Å². The molecule has 0 atom stereocenters. The van der Waals surface area contributed by atoms with Crippen LogP contribution in [0.1, 0.15) is 5.82 Å². The maximum absolute atomic E-state index is 14.1. The Hall–Kier alpha value is -1.65. The standard InChI is InChI=1S/C14H8Cl2F2N2/c15-7-13-19-14-9(17)2-1-3-12(14)20(13)11-5-4-8(16)6-10(11)18/h1-6H,7H2. The first-order chi connectivity index (χ1) is 9.61. The fourth-order valence-corrected chi connectivity index (χ4v) is 2.47. The van der Waals surface area contributed by atoms with Crippen molar-refractivity contribution in [3.05, 3.63) is 58.9 Å². The van der Waals surface area contributed by atoms with Crippen LogP contribution >= 0.6 is 23.2 Å². The van der Waals surface area contributed by atoms with Gasteiger partial charge >= 0.3 is 0 Å². The Morgan fingerprint density at radius 1 is 1.10 bits per heavy atom. The highest BCUT2D eigenvalue weighted by atomic mass is 35.5. The van der Waals surface area contributed by atoms with Gasteiger partial charge < -0.3 is 0 Å². The molecule has 0 aliphatic rings. The van der Waals surface area contributed by atoms with E-state index in [1.54, 1.807) is 18.2 Å². The molecular formula is C14H8Cl2F2N2. The third-order valence-electron chi connectivity index (χ3n) is 2.98. The van der Waals surface area contributed by atoms with E-state index in [9.17, 15) is 8.78 Å². The molecule has 2 nitrogen and oxygen atoms in total. The number of imidazole rings is 1. The molecule has 6 heteroatoms. The normalized spacial score (nSPS) is 11.2. The van der Waals surface area contributed by atoms with Gasteiger partial charge in [0.15, 0.2) is 5.82 Å². The van der Waals surface area contributed by atoms with Crippen LogP contribution in [-0.2, 0) is 5.88 Å². The molecule has 0 amide bonds. The van der Waals surface area contributed by atoms with Gasteiger partial charge in [0.2, 0.25) is 0 Å². The van der Waals surface area contributed by atoms with Crippen LogP contribution < -0.4 is 0 Å². The molecule has 3 rings (SSSR count). The number of benzene rings is 2. The zero-order chi connectivity index (χ0) is 14.3. The van der Waals surface area contributed by atoms with Crippen LogP contribution in [0.5, 0.6) is 0 Å². The second kappa shape index (κ2) is 5.04. The van der Waals surface area contributed by atoms with Crippen molar-refractivity contribution in [3.8, 4) is 5.69 Å². The Labute approximate surface area is 123 Å². The number of para-hydroxylation sites is 1. The van der Waals surface area contributed by atoms with Crippen molar-refractivity contribution in [2.75, 3.05) is 0 Å². The molecule has 0 saturated carbocycles. The minimum absolute atomic E-state index is 0.0379. The summed E-state index contributed by atoms with van der Waals surface area (Å²) in [7, 11) is 0. The number of rotatable bonds is 2. The molecule has 3 aromatic rings. The van der Waals surface area contributed by atoms with Crippen LogP contribution in [0.4, 0.5) is 8.78 Å². The van der Waals surface area contributed by atoms with Gasteiger partial charge in [0.05, 0.1) is 17.1 Å². The van der Waals surface area contributed by atoms with Gasteiger partial charge in [0, 0.05) is 5.02 Å². The van der Waals surface area contributed by atoms with Crippen LogP contribution in [0.15, 0.2) is 36.4 Å². The van der Waals surface area contributed by atoms with Gasteiger partial charge in [-0.25, -0.2) is 13.8 Å². The van der Waals surface area contributed by atoms with E-state index < -0.39 is 11.6 Å². The lowest BCUT2D eigenvalue weighted by molar-refractivity contribution is 0.618. The van der Waals surface area contributed by atoms with Gasteiger partial charge in [-0.3, -0.25) is 4.57 Å². The fourth-order valence-electron chi connectivity index (χ4n) is 2.13. The number of alkyl halides is 1. The Balaban J connectivity index is 2.37. The number of hydrogen-bond donors (Lipinski definition) is 0. The van der Waals surface area contributed by atoms with Crippen LogP contribution in [0, 0.1) is 11.6 Å². The molecule has 0 aliphatic carbocycles. The smallest absolute Gasteiger partial charge is 0.151 e. The summed E-state index contributed by atoms with van der Waals surface area (Å²) in [4.78, 5) is 4.13. The lowest BCUT2D eigenvalue weighted by atomic mass is 10.2. The van der Waals surface area contributed by atoms with Gasteiger partial charge in [-0.05, 0) is 30.3 Å². The third kappa shape index (κ3) is 2.05. The first kappa shape index (κ1) is 13.3. The van der Waals surface area contributed by atoms with Crippen molar-refractivity contribution in [1.29, 1.82) is 0 Å². The average molecular weight is 313 g/mol. The molecule has 0 N–H and O–H groups in total. The topological polar surface area (TPSA) is 17.8 Å². The number of halogens is 4. The molecule has 0 spiro atoms. The van der Waals surface area contributed by atoms with E-state index in [0.29, 0.717) is 11.3 Å². The molecule has 0 saturated heterocycles. The van der Waals surface area contributed by atoms with Crippen LogP contribution in [0.2, 0.25) is 5.02 Å². The monoisotopic (exact) mass is 312 g/mol. The van der Waals surface area contributed by atoms with Crippen molar-refractivity contribution in [2.24, 2.45) is 0 Å². The van der Waals surface area contributed by atoms with E-state index in [-0.39, 0.29) is 22.1 Å². The summed E-state index contributed by atoms with van der Waals surface area (Å²) >= 11 is 11.6. The van der Waals surface area contributed by atoms with Crippen molar-refractivity contribution in [2.45, 2.75) is 5.88 Å². The predicted molar refractivity (Wildman–Crippen MR) is 75.6 cm³/mol. The minimum atomic E-state index is -0.521. The molecule has 102 valence electrons. The van der Waals surface area contributed by atoms with Gasteiger partial charge in [0.1, 0.15) is 17.2 Å². The van der Waals surface area contributed by atoms with E-state index in [1.165, 1.54) is 22.8 Å². The molecular weight excluding hydrogens is 305 g/mol. The van der Waals surface area contributed by atoms with E-state index >= 15 is 0 Å². The average Bonchev–Trinajstić information content (AvgIpc) is 2.79. The number of hydrogen-bond acceptors (Lipinski definition) is 1. The number of aromatic nitrogens is 2. The maximum Gasteiger partial charge on any atom is 0.151 e. The summed E-state index contributed by atoms with van der Waals surface area (Å²) in [5.41, 5.74) is 0.859. The second-order valence-corrected chi connectivity index (χ2v) is 4.90. The summed E-state index contributed by atoms with van der Waals surface area (Å²) in [5.74, 6) is -0.585. The molecule has 1 aromatic heterocycles. The lowest BCUT2D eigenvalue weighted by Gasteiger charge is -2.09. The third-order valence-corrected chi connectivity index (χ3v) is 3.45. The zero-order valence-electron chi connectivity index (χ0n) is 10.1. The summed E-state index contributed by atoms with van der Waals surface area (Å²) in [6, 6.07) is 8.77. The molecule has 0 aliphatic heterocycles. The summed E-state index contributed by atoms with van der Waals surface area (Å²) in [6.45, 7) is 0. The fraction of sp³-hybridized carbons (Fsp3) is 0.0714. The molecule has 20 heavy (non-hydrogen) atoms. The van der Waals surface area contributed by atoms with Gasteiger partial charge in [-0.1, -0.05) is 17.7 Å². The number of fused-ring (bicyclic) bond motifs is 1. The van der Waals surface area contributed by atoms with E-state index in [0.717, 1.165) is 0 Å². The Morgan fingerprint density at radius 3 is 2.60 bits per heavy atom. The SMILES string of the molecule is Fc1cc(Cl)ccc1-n1c(CCl)nc2c(F)cccc21. The summed E-state index contributed by atoms with van der Waals surface area (Å²) in [5, 5.41) is 0.286. The predicted octanol–water partition coefficient (Wildman–Crippen LogP) is 4.70. The molecule has 0 bridgehead atoms. The van der Waals surface area contributed by atoms with Crippen molar-refractivity contribution < 1.29 is 8.78 Å². The zero-order valence-corrected chi connectivity index (χ0v) is 11.6. The van der Waals surface area contributed by atoms with E-state index in [2.05, 4.69) is 4.98 Å². The largest absolute Gasteiger partial charge is 0.292 e. The van der Waals surface area contributed by atoms with Gasteiger partial charge in [-0.15, -0.1) is 11.6 Å². The lowest BCUT2D eigenvalue weighted by Crippen LogP contribution is -2.02. The van der Waals surface area contributed by atoms with Crippen LogP contribution in [0.3, 0.4) is 0 Å². The quantitative estimate of drug-likeness (QED) is 0.627. The Bertz CT molecular complexity index is 799. The second-order valence-electron chi connectivity index (χ2n) is 4.20. The Morgan fingerprint density at radius 2 is 1.90 bits per heavy atom. The molecule has 0 fully saturated rings. The Kier molecular flexibility index (Phi) is 3.36. The molecule has 2 aromatic carbocycles. The number of nitrogens with zero attached hydrogens (tertiary/aromatic N) is 2. The van der Waals surface area contributed by atoms with E-state index in [4.69, 9.17) is 23.2 Å². The van der Waals surface area contributed by atoms with E-state index in [1.807, 2.05) is 0 Å². The van der Waals surface area contributed by atoms with Crippen LogP contribution in [0.25, 0.3) is 16.7 Å². The highest BCUT2D eigenvalue weighted by molar-refractivity contribution is 6.30. The molecule has 0 radical (unpaired) electrons. The molecule has 0 unspecified atom stereocenters. The van der Waals surface area contributed by atoms with Crippen LogP contribution in [-0.4, -0.2) is 9.55 Å². The van der Waals surface area contributed by atoms with Crippen molar-refractivity contribution >= 4 is 34.2 Å². The van der Waals surface area contributed by atoms with Gasteiger partial charge in [0.25, 0.3) is 0 Å². The summed E-state index contributed by atoms with van der Waals surface area (Å²) in [6.07, 6.45) is 0. The minimum Gasteiger partial charge on any atom is -0.292 e. The summed E-state index contributed by atoms with van der Waals surface area (Å²) < 4.78 is 29.3.